The third-order valence-corrected chi connectivity index (χ3v) is 3.37. The first-order chi connectivity index (χ1) is 9.15. The van der Waals surface area contributed by atoms with Crippen molar-refractivity contribution < 1.29 is 14.6 Å². The number of Topliss-reactive ketones (excluding diaryl/α,β-unsaturated/α-hetero) is 1. The van der Waals surface area contributed by atoms with Gasteiger partial charge in [-0.1, -0.05) is 0 Å². The van der Waals surface area contributed by atoms with E-state index in [0.717, 1.165) is 13.1 Å². The standard InChI is InChI=1S/C15H21NO3/c1-12(17)13-4-6-15(7-5-13)19-11-14(18)10-16-8-2-3-9-16/h4-7,14,18H,2-3,8-11H2,1H3/t14-/m0/s1. The minimum absolute atomic E-state index is 0.0422. The van der Waals surface area contributed by atoms with Crippen molar-refractivity contribution in [3.05, 3.63) is 29.8 Å². The number of hydrogen-bond donors (Lipinski definition) is 1. The minimum Gasteiger partial charge on any atom is -0.491 e. The molecule has 4 nitrogen and oxygen atoms in total. The first-order valence-electron chi connectivity index (χ1n) is 6.79. The lowest BCUT2D eigenvalue weighted by Crippen LogP contribution is -2.33. The largest absolute Gasteiger partial charge is 0.491 e. The molecule has 0 aliphatic carbocycles. The zero-order valence-corrected chi connectivity index (χ0v) is 11.3. The van der Waals surface area contributed by atoms with Gasteiger partial charge in [0.25, 0.3) is 0 Å². The quantitative estimate of drug-likeness (QED) is 0.794. The first kappa shape index (κ1) is 14.0. The molecule has 0 radical (unpaired) electrons. The number of nitrogens with zero attached hydrogens (tertiary/aromatic N) is 1. The van der Waals surface area contributed by atoms with E-state index >= 15 is 0 Å². The summed E-state index contributed by atoms with van der Waals surface area (Å²) < 4.78 is 5.52. The second-order valence-electron chi connectivity index (χ2n) is 5.05. The Hall–Kier alpha value is -1.39. The van der Waals surface area contributed by atoms with Gasteiger partial charge in [0.1, 0.15) is 18.5 Å². The second kappa shape index (κ2) is 6.68. The van der Waals surface area contributed by atoms with E-state index in [0.29, 0.717) is 17.9 Å². The van der Waals surface area contributed by atoms with Gasteiger partial charge in [-0.25, -0.2) is 0 Å². The Bertz CT molecular complexity index is 410. The van der Waals surface area contributed by atoms with E-state index in [1.165, 1.54) is 19.8 Å². The summed E-state index contributed by atoms with van der Waals surface area (Å²) in [7, 11) is 0. The molecule has 1 atom stereocenters. The molecule has 1 aromatic carbocycles. The lowest BCUT2D eigenvalue weighted by Gasteiger charge is -2.19. The minimum atomic E-state index is -0.467. The van der Waals surface area contributed by atoms with Gasteiger partial charge in [0.2, 0.25) is 0 Å². The summed E-state index contributed by atoms with van der Waals surface area (Å²) in [5.41, 5.74) is 0.671. The summed E-state index contributed by atoms with van der Waals surface area (Å²) in [5.74, 6) is 0.728. The maximum absolute atomic E-state index is 11.1. The molecule has 1 heterocycles. The van der Waals surface area contributed by atoms with Crippen molar-refractivity contribution in [1.82, 2.24) is 4.90 Å². The number of aliphatic hydroxyl groups excluding tert-OH is 1. The van der Waals surface area contributed by atoms with Gasteiger partial charge >= 0.3 is 0 Å². The van der Waals surface area contributed by atoms with Crippen LogP contribution in [-0.4, -0.2) is 48.1 Å². The zero-order valence-electron chi connectivity index (χ0n) is 11.3. The molecule has 1 N–H and O–H groups in total. The predicted molar refractivity (Wildman–Crippen MR) is 73.6 cm³/mol. The van der Waals surface area contributed by atoms with Crippen molar-refractivity contribution in [3.63, 3.8) is 0 Å². The number of likely N-dealkylation sites (tertiary alicyclic amines) is 1. The van der Waals surface area contributed by atoms with Gasteiger partial charge in [0, 0.05) is 12.1 Å². The SMILES string of the molecule is CC(=O)c1ccc(OC[C@@H](O)CN2CCCC2)cc1. The van der Waals surface area contributed by atoms with Gasteiger partial charge in [-0.15, -0.1) is 0 Å². The van der Waals surface area contributed by atoms with Gasteiger partial charge in [0.15, 0.2) is 5.78 Å². The molecule has 19 heavy (non-hydrogen) atoms. The van der Waals surface area contributed by atoms with Crippen LogP contribution in [0.4, 0.5) is 0 Å². The van der Waals surface area contributed by atoms with E-state index in [1.54, 1.807) is 24.3 Å². The number of carbonyl (C=O) groups excluding carboxylic acids is 1. The monoisotopic (exact) mass is 263 g/mol. The van der Waals surface area contributed by atoms with E-state index in [4.69, 9.17) is 4.74 Å². The van der Waals surface area contributed by atoms with Crippen LogP contribution in [0.2, 0.25) is 0 Å². The number of β-amino-alcohol motifs (C(OH)–C–C–N with tert-alkyl or cyclic N) is 1. The number of hydrogen-bond acceptors (Lipinski definition) is 4. The number of benzene rings is 1. The Kier molecular flexibility index (Phi) is 4.93. The molecule has 104 valence electrons. The molecule has 1 aliphatic rings. The highest BCUT2D eigenvalue weighted by atomic mass is 16.5. The van der Waals surface area contributed by atoms with E-state index < -0.39 is 6.10 Å². The highest BCUT2D eigenvalue weighted by molar-refractivity contribution is 5.94. The summed E-state index contributed by atoms with van der Waals surface area (Å²) in [5, 5.41) is 9.89. The maximum atomic E-state index is 11.1. The predicted octanol–water partition coefficient (Wildman–Crippen LogP) is 1.72. The van der Waals surface area contributed by atoms with Crippen molar-refractivity contribution in [3.8, 4) is 5.75 Å². The lowest BCUT2D eigenvalue weighted by molar-refractivity contribution is 0.0758. The molecule has 1 aliphatic heterocycles. The number of rotatable bonds is 6. The van der Waals surface area contributed by atoms with Gasteiger partial charge in [-0.2, -0.15) is 0 Å². The Morgan fingerprint density at radius 2 is 1.95 bits per heavy atom. The Labute approximate surface area is 114 Å². The molecule has 0 amide bonds. The van der Waals surface area contributed by atoms with Crippen LogP contribution in [0.15, 0.2) is 24.3 Å². The van der Waals surface area contributed by atoms with Crippen LogP contribution in [0.3, 0.4) is 0 Å². The van der Waals surface area contributed by atoms with E-state index in [2.05, 4.69) is 4.90 Å². The Balaban J connectivity index is 1.76. The molecule has 1 aromatic rings. The molecule has 0 bridgehead atoms. The van der Waals surface area contributed by atoms with Crippen LogP contribution in [0.5, 0.6) is 5.75 Å². The fraction of sp³-hybridized carbons (Fsp3) is 0.533. The van der Waals surface area contributed by atoms with Crippen LogP contribution in [0.25, 0.3) is 0 Å². The molecule has 1 saturated heterocycles. The van der Waals surface area contributed by atoms with Crippen LogP contribution < -0.4 is 4.74 Å². The van der Waals surface area contributed by atoms with Crippen molar-refractivity contribution in [1.29, 1.82) is 0 Å². The van der Waals surface area contributed by atoms with Crippen molar-refractivity contribution in [2.75, 3.05) is 26.2 Å². The number of ketones is 1. The fourth-order valence-electron chi connectivity index (χ4n) is 2.29. The average molecular weight is 263 g/mol. The first-order valence-corrected chi connectivity index (χ1v) is 6.79. The number of aliphatic hydroxyl groups is 1. The number of ether oxygens (including phenoxy) is 1. The molecular formula is C15H21NO3. The highest BCUT2D eigenvalue weighted by Crippen LogP contribution is 2.13. The lowest BCUT2D eigenvalue weighted by atomic mass is 10.1. The molecule has 0 saturated carbocycles. The summed E-state index contributed by atoms with van der Waals surface area (Å²) in [6.07, 6.45) is 1.98. The maximum Gasteiger partial charge on any atom is 0.159 e. The van der Waals surface area contributed by atoms with Crippen LogP contribution in [0, 0.1) is 0 Å². The average Bonchev–Trinajstić information content (AvgIpc) is 2.89. The van der Waals surface area contributed by atoms with Crippen molar-refractivity contribution in [2.24, 2.45) is 0 Å². The summed E-state index contributed by atoms with van der Waals surface area (Å²) >= 11 is 0. The molecule has 1 fully saturated rings. The van der Waals surface area contributed by atoms with Crippen LogP contribution >= 0.6 is 0 Å². The Morgan fingerprint density at radius 3 is 2.53 bits per heavy atom. The molecule has 0 aromatic heterocycles. The number of carbonyl (C=O) groups is 1. The third kappa shape index (κ3) is 4.33. The topological polar surface area (TPSA) is 49.8 Å². The third-order valence-electron chi connectivity index (χ3n) is 3.37. The van der Waals surface area contributed by atoms with Crippen LogP contribution in [0.1, 0.15) is 30.1 Å². The van der Waals surface area contributed by atoms with Gasteiger partial charge < -0.3 is 14.7 Å². The molecular weight excluding hydrogens is 242 g/mol. The van der Waals surface area contributed by atoms with Gasteiger partial charge in [0.05, 0.1) is 0 Å². The molecule has 0 unspecified atom stereocenters. The van der Waals surface area contributed by atoms with E-state index in [-0.39, 0.29) is 12.4 Å². The van der Waals surface area contributed by atoms with Crippen LogP contribution in [-0.2, 0) is 0 Å². The Morgan fingerprint density at radius 1 is 1.32 bits per heavy atom. The molecule has 2 rings (SSSR count). The molecule has 0 spiro atoms. The summed E-state index contributed by atoms with van der Waals surface area (Å²) in [6, 6.07) is 7.01. The van der Waals surface area contributed by atoms with Crippen molar-refractivity contribution >= 4 is 5.78 Å². The smallest absolute Gasteiger partial charge is 0.159 e. The summed E-state index contributed by atoms with van der Waals surface area (Å²) in [4.78, 5) is 13.4. The normalized spacial score (nSPS) is 17.4. The van der Waals surface area contributed by atoms with E-state index in [1.807, 2.05) is 0 Å². The molecule has 4 heteroatoms. The zero-order chi connectivity index (χ0) is 13.7. The summed E-state index contributed by atoms with van der Waals surface area (Å²) in [6.45, 7) is 4.64. The van der Waals surface area contributed by atoms with Gasteiger partial charge in [-0.05, 0) is 57.1 Å². The van der Waals surface area contributed by atoms with E-state index in [9.17, 15) is 9.90 Å². The van der Waals surface area contributed by atoms with Crippen molar-refractivity contribution in [2.45, 2.75) is 25.9 Å². The second-order valence-corrected chi connectivity index (χ2v) is 5.05. The highest BCUT2D eigenvalue weighted by Gasteiger charge is 2.16. The van der Waals surface area contributed by atoms with Gasteiger partial charge in [-0.3, -0.25) is 4.79 Å². The fourth-order valence-corrected chi connectivity index (χ4v) is 2.29.